The summed E-state index contributed by atoms with van der Waals surface area (Å²) in [6.45, 7) is 0.00869. The summed E-state index contributed by atoms with van der Waals surface area (Å²) < 4.78 is 19.3. The van der Waals surface area contributed by atoms with Gasteiger partial charge in [-0.2, -0.15) is 5.26 Å². The molecule has 0 fully saturated rings. The molecule has 27 heavy (non-hydrogen) atoms. The van der Waals surface area contributed by atoms with E-state index in [0.29, 0.717) is 16.7 Å². The second-order valence-electron chi connectivity index (χ2n) is 5.73. The van der Waals surface area contributed by atoms with Gasteiger partial charge in [-0.25, -0.2) is 4.39 Å². The molecule has 0 aliphatic heterocycles. The normalized spacial score (nSPS) is 11.1. The number of hydrogen-bond acceptors (Lipinski definition) is 2. The lowest BCUT2D eigenvalue weighted by Gasteiger charge is -2.11. The standard InChI is InChI=1S/C22H14Cl2FNO/c23-19-11-15(10-18(13-26)16-6-2-1-3-7-16)12-20(24)22(19)27-14-17-8-4-5-9-21(17)25/h1-12H,14H2/b18-10+. The van der Waals surface area contributed by atoms with Crippen LogP contribution in [-0.4, -0.2) is 0 Å². The molecule has 0 aliphatic rings. The molecule has 3 aromatic rings. The summed E-state index contributed by atoms with van der Waals surface area (Å²) in [7, 11) is 0. The van der Waals surface area contributed by atoms with Gasteiger partial charge in [-0.3, -0.25) is 0 Å². The fourth-order valence-electron chi connectivity index (χ4n) is 2.53. The van der Waals surface area contributed by atoms with E-state index in [1.807, 2.05) is 30.3 Å². The van der Waals surface area contributed by atoms with Crippen LogP contribution in [0.3, 0.4) is 0 Å². The Hall–Kier alpha value is -2.80. The number of rotatable bonds is 5. The molecular formula is C22H14Cl2FNO. The lowest BCUT2D eigenvalue weighted by atomic mass is 10.0. The lowest BCUT2D eigenvalue weighted by molar-refractivity contribution is 0.300. The van der Waals surface area contributed by atoms with Crippen LogP contribution in [0.25, 0.3) is 11.6 Å². The predicted molar refractivity (Wildman–Crippen MR) is 107 cm³/mol. The first-order chi connectivity index (χ1) is 13.1. The highest BCUT2D eigenvalue weighted by molar-refractivity contribution is 6.37. The van der Waals surface area contributed by atoms with Crippen molar-refractivity contribution in [3.05, 3.63) is 99.3 Å². The van der Waals surface area contributed by atoms with Gasteiger partial charge in [0.1, 0.15) is 12.4 Å². The zero-order chi connectivity index (χ0) is 19.2. The quantitative estimate of drug-likeness (QED) is 0.351. The van der Waals surface area contributed by atoms with Crippen LogP contribution in [0.2, 0.25) is 10.0 Å². The molecule has 0 unspecified atom stereocenters. The Morgan fingerprint density at radius 2 is 1.63 bits per heavy atom. The number of ether oxygens (including phenoxy) is 1. The summed E-state index contributed by atoms with van der Waals surface area (Å²) >= 11 is 12.6. The molecule has 0 radical (unpaired) electrons. The van der Waals surface area contributed by atoms with Gasteiger partial charge < -0.3 is 4.74 Å². The third-order valence-corrected chi connectivity index (χ3v) is 4.43. The Labute approximate surface area is 167 Å². The molecule has 2 nitrogen and oxygen atoms in total. The Bertz CT molecular complexity index is 1000. The van der Waals surface area contributed by atoms with Gasteiger partial charge in [0.05, 0.1) is 21.7 Å². The first kappa shape index (κ1) is 19.0. The third-order valence-electron chi connectivity index (χ3n) is 3.87. The molecule has 0 atom stereocenters. The highest BCUT2D eigenvalue weighted by atomic mass is 35.5. The molecule has 0 aromatic heterocycles. The summed E-state index contributed by atoms with van der Waals surface area (Å²) in [5.41, 5.74) is 2.36. The van der Waals surface area contributed by atoms with Crippen molar-refractivity contribution in [1.29, 1.82) is 5.26 Å². The first-order valence-corrected chi connectivity index (χ1v) is 8.86. The largest absolute Gasteiger partial charge is 0.486 e. The van der Waals surface area contributed by atoms with Crippen molar-refractivity contribution in [3.8, 4) is 11.8 Å². The third kappa shape index (κ3) is 4.68. The fraction of sp³-hybridized carbons (Fsp3) is 0.0455. The number of hydrogen-bond donors (Lipinski definition) is 0. The minimum atomic E-state index is -0.356. The molecule has 0 N–H and O–H groups in total. The molecule has 3 rings (SSSR count). The van der Waals surface area contributed by atoms with Gasteiger partial charge in [0, 0.05) is 5.56 Å². The van der Waals surface area contributed by atoms with Crippen LogP contribution < -0.4 is 4.74 Å². The van der Waals surface area contributed by atoms with Crippen LogP contribution in [0.1, 0.15) is 16.7 Å². The molecule has 0 saturated carbocycles. The van der Waals surface area contributed by atoms with E-state index in [4.69, 9.17) is 27.9 Å². The molecule has 0 amide bonds. The van der Waals surface area contributed by atoms with Crippen molar-refractivity contribution in [2.45, 2.75) is 6.61 Å². The number of benzene rings is 3. The smallest absolute Gasteiger partial charge is 0.157 e. The van der Waals surface area contributed by atoms with Crippen molar-refractivity contribution < 1.29 is 9.13 Å². The number of nitrogens with zero attached hydrogens (tertiary/aromatic N) is 1. The first-order valence-electron chi connectivity index (χ1n) is 8.11. The zero-order valence-electron chi connectivity index (χ0n) is 14.1. The van der Waals surface area contributed by atoms with Crippen molar-refractivity contribution in [2.24, 2.45) is 0 Å². The van der Waals surface area contributed by atoms with Gasteiger partial charge in [0.15, 0.2) is 5.75 Å². The Kier molecular flexibility index (Phi) is 6.13. The lowest BCUT2D eigenvalue weighted by Crippen LogP contribution is -1.99. The molecule has 0 spiro atoms. The van der Waals surface area contributed by atoms with Crippen molar-refractivity contribution in [1.82, 2.24) is 0 Å². The Morgan fingerprint density at radius 3 is 2.26 bits per heavy atom. The van der Waals surface area contributed by atoms with Crippen LogP contribution in [0.5, 0.6) is 5.75 Å². The van der Waals surface area contributed by atoms with E-state index in [2.05, 4.69) is 6.07 Å². The number of halogens is 3. The molecule has 3 aromatic carbocycles. The van der Waals surface area contributed by atoms with E-state index < -0.39 is 0 Å². The highest BCUT2D eigenvalue weighted by Crippen LogP contribution is 2.36. The van der Waals surface area contributed by atoms with Gasteiger partial charge in [0.25, 0.3) is 0 Å². The number of nitriles is 1. The van der Waals surface area contributed by atoms with Crippen molar-refractivity contribution in [2.75, 3.05) is 0 Å². The maximum atomic E-state index is 13.7. The molecule has 0 heterocycles. The molecule has 5 heteroatoms. The monoisotopic (exact) mass is 397 g/mol. The zero-order valence-corrected chi connectivity index (χ0v) is 15.6. The van der Waals surface area contributed by atoms with E-state index in [9.17, 15) is 9.65 Å². The molecule has 0 bridgehead atoms. The van der Waals surface area contributed by atoms with Crippen LogP contribution in [-0.2, 0) is 6.61 Å². The van der Waals surface area contributed by atoms with Crippen LogP contribution in [0.4, 0.5) is 4.39 Å². The van der Waals surface area contributed by atoms with Gasteiger partial charge in [-0.15, -0.1) is 0 Å². The average molecular weight is 398 g/mol. The van der Waals surface area contributed by atoms with E-state index >= 15 is 0 Å². The molecule has 134 valence electrons. The van der Waals surface area contributed by atoms with Crippen molar-refractivity contribution >= 4 is 34.9 Å². The van der Waals surface area contributed by atoms with Crippen LogP contribution >= 0.6 is 23.2 Å². The van der Waals surface area contributed by atoms with E-state index in [1.165, 1.54) is 6.07 Å². The SMILES string of the molecule is N#C/C(=C\c1cc(Cl)c(OCc2ccccc2F)c(Cl)c1)c1ccccc1. The Balaban J connectivity index is 1.86. The summed E-state index contributed by atoms with van der Waals surface area (Å²) in [5, 5.41) is 10.0. The van der Waals surface area contributed by atoms with Gasteiger partial charge in [0.2, 0.25) is 0 Å². The van der Waals surface area contributed by atoms with E-state index in [1.54, 1.807) is 36.4 Å². The van der Waals surface area contributed by atoms with Gasteiger partial charge in [-0.05, 0) is 35.4 Å². The second-order valence-corrected chi connectivity index (χ2v) is 6.54. The maximum Gasteiger partial charge on any atom is 0.157 e. The van der Waals surface area contributed by atoms with Gasteiger partial charge in [-0.1, -0.05) is 71.7 Å². The summed E-state index contributed by atoms with van der Waals surface area (Å²) in [4.78, 5) is 0. The topological polar surface area (TPSA) is 33.0 Å². The van der Waals surface area contributed by atoms with E-state index in [0.717, 1.165) is 5.56 Å². The van der Waals surface area contributed by atoms with Crippen molar-refractivity contribution in [3.63, 3.8) is 0 Å². The minimum Gasteiger partial charge on any atom is -0.486 e. The summed E-state index contributed by atoms with van der Waals surface area (Å²) in [5.74, 6) is -0.0808. The van der Waals surface area contributed by atoms with Crippen LogP contribution in [0, 0.1) is 17.1 Å². The summed E-state index contributed by atoms with van der Waals surface area (Å²) in [6, 6.07) is 21.1. The van der Waals surface area contributed by atoms with E-state index in [-0.39, 0.29) is 28.2 Å². The summed E-state index contributed by atoms with van der Waals surface area (Å²) in [6.07, 6.45) is 1.70. The highest BCUT2D eigenvalue weighted by Gasteiger charge is 2.11. The Morgan fingerprint density at radius 1 is 1.00 bits per heavy atom. The second kappa shape index (κ2) is 8.73. The molecule has 0 aliphatic carbocycles. The fourth-order valence-corrected chi connectivity index (χ4v) is 3.14. The molecular weight excluding hydrogens is 384 g/mol. The van der Waals surface area contributed by atoms with Gasteiger partial charge >= 0.3 is 0 Å². The minimum absolute atomic E-state index is 0.00869. The molecule has 0 saturated heterocycles. The number of allylic oxidation sites excluding steroid dienone is 1. The average Bonchev–Trinajstić information content (AvgIpc) is 2.67. The van der Waals surface area contributed by atoms with Crippen LogP contribution in [0.15, 0.2) is 66.7 Å². The predicted octanol–water partition coefficient (Wildman–Crippen LogP) is 6.78. The maximum absolute atomic E-state index is 13.7.